The number of non-ortho nitro benzene ring substituents is 1. The van der Waals surface area contributed by atoms with Crippen LogP contribution in [0.15, 0.2) is 53.5 Å². The maximum Gasteiger partial charge on any atom is 0.410 e. The molecule has 9 heteroatoms. The summed E-state index contributed by atoms with van der Waals surface area (Å²) in [5.74, 6) is 0.588. The Morgan fingerprint density at radius 1 is 1.06 bits per heavy atom. The summed E-state index contributed by atoms with van der Waals surface area (Å²) in [6.07, 6.45) is -0.359. The third-order valence-electron chi connectivity index (χ3n) is 4.41. The van der Waals surface area contributed by atoms with E-state index in [0.717, 1.165) is 16.7 Å². The Morgan fingerprint density at radius 2 is 1.66 bits per heavy atom. The highest BCUT2D eigenvalue weighted by atomic mass is 16.6. The summed E-state index contributed by atoms with van der Waals surface area (Å²) in [5, 5.41) is 17.3. The highest BCUT2D eigenvalue weighted by Gasteiger charge is 2.19. The van der Waals surface area contributed by atoms with Crippen molar-refractivity contribution in [1.82, 2.24) is 15.5 Å². The van der Waals surface area contributed by atoms with E-state index in [9.17, 15) is 14.9 Å². The number of nitrogens with one attached hydrogen (secondary N) is 2. The van der Waals surface area contributed by atoms with Gasteiger partial charge in [-0.2, -0.15) is 0 Å². The van der Waals surface area contributed by atoms with Crippen molar-refractivity contribution in [1.29, 1.82) is 0 Å². The van der Waals surface area contributed by atoms with Crippen LogP contribution in [0.25, 0.3) is 0 Å². The number of aliphatic imine (C=N–C) groups is 1. The van der Waals surface area contributed by atoms with Crippen LogP contribution in [-0.4, -0.2) is 41.6 Å². The van der Waals surface area contributed by atoms with Crippen LogP contribution in [0.4, 0.5) is 10.5 Å². The van der Waals surface area contributed by atoms with E-state index in [1.807, 2.05) is 51.1 Å². The van der Waals surface area contributed by atoms with Crippen LogP contribution in [-0.2, 0) is 24.4 Å². The van der Waals surface area contributed by atoms with E-state index >= 15 is 0 Å². The Bertz CT molecular complexity index is 952. The number of nitro groups is 1. The summed E-state index contributed by atoms with van der Waals surface area (Å²) in [5.41, 5.74) is 2.37. The van der Waals surface area contributed by atoms with E-state index in [1.165, 1.54) is 17.0 Å². The van der Waals surface area contributed by atoms with Crippen molar-refractivity contribution >= 4 is 17.7 Å². The van der Waals surface area contributed by atoms with E-state index in [2.05, 4.69) is 15.6 Å². The highest BCUT2D eigenvalue weighted by molar-refractivity contribution is 5.79. The number of guanidine groups is 1. The van der Waals surface area contributed by atoms with Gasteiger partial charge in [-0.25, -0.2) is 4.79 Å². The van der Waals surface area contributed by atoms with Gasteiger partial charge in [-0.15, -0.1) is 0 Å². The molecule has 0 aliphatic carbocycles. The third kappa shape index (κ3) is 8.25. The van der Waals surface area contributed by atoms with E-state index < -0.39 is 10.5 Å². The van der Waals surface area contributed by atoms with Crippen LogP contribution in [0.3, 0.4) is 0 Å². The molecule has 0 spiro atoms. The summed E-state index contributed by atoms with van der Waals surface area (Å²) in [7, 11) is 3.37. The quantitative estimate of drug-likeness (QED) is 0.293. The van der Waals surface area contributed by atoms with Crippen LogP contribution < -0.4 is 10.6 Å². The zero-order valence-corrected chi connectivity index (χ0v) is 19.2. The molecule has 0 saturated carbocycles. The average molecular weight is 442 g/mol. The smallest absolute Gasteiger partial charge is 0.410 e. The second-order valence-corrected chi connectivity index (χ2v) is 8.36. The monoisotopic (exact) mass is 441 g/mol. The number of benzene rings is 2. The molecule has 9 nitrogen and oxygen atoms in total. The zero-order valence-electron chi connectivity index (χ0n) is 19.2. The van der Waals surface area contributed by atoms with Crippen LogP contribution in [0, 0.1) is 10.1 Å². The molecule has 0 fully saturated rings. The number of ether oxygens (including phenoxy) is 1. The molecule has 0 atom stereocenters. The first-order chi connectivity index (χ1) is 15.1. The van der Waals surface area contributed by atoms with E-state index in [-0.39, 0.29) is 11.8 Å². The van der Waals surface area contributed by atoms with Gasteiger partial charge >= 0.3 is 6.09 Å². The molecule has 2 N–H and O–H groups in total. The molecule has 0 aliphatic heterocycles. The second kappa shape index (κ2) is 11.1. The van der Waals surface area contributed by atoms with Crippen LogP contribution >= 0.6 is 0 Å². The number of carbonyl (C=O) groups excluding carboxylic acids is 1. The molecule has 1 amide bonds. The van der Waals surface area contributed by atoms with Gasteiger partial charge in [0.15, 0.2) is 5.96 Å². The number of nitrogens with zero attached hydrogens (tertiary/aromatic N) is 3. The van der Waals surface area contributed by atoms with Crippen molar-refractivity contribution in [2.75, 3.05) is 14.1 Å². The number of nitro benzene ring substituents is 1. The fourth-order valence-electron chi connectivity index (χ4n) is 2.81. The molecule has 0 radical (unpaired) electrons. The number of hydrogen-bond acceptors (Lipinski definition) is 5. The lowest BCUT2D eigenvalue weighted by molar-refractivity contribution is -0.384. The maximum absolute atomic E-state index is 12.1. The first kappa shape index (κ1) is 24.6. The van der Waals surface area contributed by atoms with Crippen molar-refractivity contribution in [2.45, 2.75) is 46.0 Å². The molecule has 32 heavy (non-hydrogen) atoms. The molecule has 172 valence electrons. The Balaban J connectivity index is 1.84. The summed E-state index contributed by atoms with van der Waals surface area (Å²) in [6, 6.07) is 14.4. The number of carbonyl (C=O) groups is 1. The lowest BCUT2D eigenvalue weighted by atomic mass is 10.1. The lowest BCUT2D eigenvalue weighted by Crippen LogP contribution is -2.36. The van der Waals surface area contributed by atoms with Gasteiger partial charge in [0, 0.05) is 45.9 Å². The minimum atomic E-state index is -0.525. The molecule has 2 rings (SSSR count). The number of rotatable bonds is 7. The molecule has 0 heterocycles. The van der Waals surface area contributed by atoms with Crippen LogP contribution in [0.1, 0.15) is 37.5 Å². The van der Waals surface area contributed by atoms with Crippen molar-refractivity contribution in [3.05, 3.63) is 75.3 Å². The largest absolute Gasteiger partial charge is 0.444 e. The summed E-state index contributed by atoms with van der Waals surface area (Å²) >= 11 is 0. The normalized spacial score (nSPS) is 11.6. The minimum Gasteiger partial charge on any atom is -0.444 e. The van der Waals surface area contributed by atoms with Crippen molar-refractivity contribution in [3.63, 3.8) is 0 Å². The van der Waals surface area contributed by atoms with Crippen molar-refractivity contribution in [2.24, 2.45) is 4.99 Å². The fourth-order valence-corrected chi connectivity index (χ4v) is 2.81. The van der Waals surface area contributed by atoms with E-state index in [4.69, 9.17) is 4.74 Å². The molecule has 2 aromatic carbocycles. The molecule has 0 aromatic heterocycles. The van der Waals surface area contributed by atoms with Gasteiger partial charge in [-0.05, 0) is 37.5 Å². The van der Waals surface area contributed by atoms with Gasteiger partial charge in [0.25, 0.3) is 5.69 Å². The first-order valence-electron chi connectivity index (χ1n) is 10.3. The maximum atomic E-state index is 12.1. The zero-order chi connectivity index (χ0) is 23.7. The molecular formula is C23H31N5O4. The molecule has 0 unspecified atom stereocenters. The summed E-state index contributed by atoms with van der Waals surface area (Å²) < 4.78 is 5.37. The van der Waals surface area contributed by atoms with Crippen LogP contribution in [0.5, 0.6) is 0 Å². The molecule has 0 aliphatic rings. The predicted molar refractivity (Wildman–Crippen MR) is 124 cm³/mol. The van der Waals surface area contributed by atoms with Gasteiger partial charge < -0.3 is 20.3 Å². The van der Waals surface area contributed by atoms with E-state index in [1.54, 1.807) is 20.2 Å². The molecule has 0 bridgehead atoms. The van der Waals surface area contributed by atoms with E-state index in [0.29, 0.717) is 25.6 Å². The summed E-state index contributed by atoms with van der Waals surface area (Å²) in [6.45, 7) is 6.94. The lowest BCUT2D eigenvalue weighted by Gasteiger charge is -2.24. The number of amides is 1. The predicted octanol–water partition coefficient (Wildman–Crippen LogP) is 3.83. The van der Waals surface area contributed by atoms with Gasteiger partial charge in [-0.3, -0.25) is 15.1 Å². The topological polar surface area (TPSA) is 109 Å². The van der Waals surface area contributed by atoms with Crippen molar-refractivity contribution in [3.8, 4) is 0 Å². The molecular weight excluding hydrogens is 410 g/mol. The average Bonchev–Trinajstić information content (AvgIpc) is 2.74. The summed E-state index contributed by atoms with van der Waals surface area (Å²) in [4.78, 5) is 28.3. The Morgan fingerprint density at radius 3 is 2.22 bits per heavy atom. The van der Waals surface area contributed by atoms with Crippen LogP contribution in [0.2, 0.25) is 0 Å². The SMILES string of the molecule is CN=C(NCc1ccc(CN(C)C(=O)OC(C)(C)C)cc1)NCc1cccc([N+](=O)[O-])c1. The number of hydrogen-bond donors (Lipinski definition) is 2. The second-order valence-electron chi connectivity index (χ2n) is 8.36. The molecule has 2 aromatic rings. The van der Waals surface area contributed by atoms with Gasteiger partial charge in [0.2, 0.25) is 0 Å². The highest BCUT2D eigenvalue weighted by Crippen LogP contribution is 2.13. The van der Waals surface area contributed by atoms with Crippen molar-refractivity contribution < 1.29 is 14.5 Å². The Kier molecular flexibility index (Phi) is 8.57. The third-order valence-corrected chi connectivity index (χ3v) is 4.41. The minimum absolute atomic E-state index is 0.0599. The fraction of sp³-hybridized carbons (Fsp3) is 0.391. The Hall–Kier alpha value is -3.62. The van der Waals surface area contributed by atoms with Gasteiger partial charge in [0.1, 0.15) is 5.60 Å². The van der Waals surface area contributed by atoms with Gasteiger partial charge in [0.05, 0.1) is 4.92 Å². The Labute approximate surface area is 188 Å². The van der Waals surface area contributed by atoms with Gasteiger partial charge in [-0.1, -0.05) is 36.4 Å². The standard InChI is InChI=1S/C23H31N5O4/c1-23(2,3)32-22(29)27(5)16-18-11-9-17(10-12-18)14-25-21(24-4)26-15-19-7-6-8-20(13-19)28(30)31/h6-13H,14-16H2,1-5H3,(H2,24,25,26). The molecule has 0 saturated heterocycles. The first-order valence-corrected chi connectivity index (χ1v) is 10.3.